The van der Waals surface area contributed by atoms with E-state index in [-0.39, 0.29) is 5.63 Å². The smallest absolute Gasteiger partial charge is 0.336 e. The second-order valence-corrected chi connectivity index (χ2v) is 4.28. The van der Waals surface area contributed by atoms with Gasteiger partial charge in [0.25, 0.3) is 0 Å². The summed E-state index contributed by atoms with van der Waals surface area (Å²) in [6.45, 7) is 1.93. The van der Waals surface area contributed by atoms with Crippen LogP contribution in [0.1, 0.15) is 5.56 Å². The van der Waals surface area contributed by atoms with Crippen molar-refractivity contribution in [1.29, 1.82) is 0 Å². The van der Waals surface area contributed by atoms with Gasteiger partial charge >= 0.3 is 5.63 Å². The number of furan rings is 1. The molecule has 4 nitrogen and oxygen atoms in total. The molecule has 96 valence electrons. The Morgan fingerprint density at radius 1 is 1.11 bits per heavy atom. The van der Waals surface area contributed by atoms with E-state index in [1.54, 1.807) is 25.7 Å². The van der Waals surface area contributed by atoms with Gasteiger partial charge in [-0.3, -0.25) is 0 Å². The summed E-state index contributed by atoms with van der Waals surface area (Å²) in [6, 6.07) is 6.85. The fourth-order valence-corrected chi connectivity index (χ4v) is 2.16. The minimum absolute atomic E-state index is 0.386. The molecule has 19 heavy (non-hydrogen) atoms. The van der Waals surface area contributed by atoms with Crippen molar-refractivity contribution in [2.45, 2.75) is 6.92 Å². The lowest BCUT2D eigenvalue weighted by atomic mass is 10.0. The second-order valence-electron chi connectivity index (χ2n) is 4.28. The zero-order valence-corrected chi connectivity index (χ0v) is 10.6. The molecule has 0 atom stereocenters. The summed E-state index contributed by atoms with van der Waals surface area (Å²) in [4.78, 5) is 11.5. The van der Waals surface area contributed by atoms with Crippen molar-refractivity contribution in [3.63, 3.8) is 0 Å². The first-order chi connectivity index (χ1) is 9.20. The molecule has 1 aromatic carbocycles. The first kappa shape index (κ1) is 11.6. The Kier molecular flexibility index (Phi) is 2.63. The maximum Gasteiger partial charge on any atom is 0.336 e. The van der Waals surface area contributed by atoms with E-state index in [4.69, 9.17) is 13.6 Å². The van der Waals surface area contributed by atoms with Crippen molar-refractivity contribution in [2.24, 2.45) is 0 Å². The Morgan fingerprint density at radius 3 is 2.58 bits per heavy atom. The van der Waals surface area contributed by atoms with Crippen LogP contribution in [0.5, 0.6) is 5.75 Å². The van der Waals surface area contributed by atoms with E-state index >= 15 is 0 Å². The van der Waals surface area contributed by atoms with Crippen LogP contribution in [0.3, 0.4) is 0 Å². The minimum atomic E-state index is -0.386. The highest BCUT2D eigenvalue weighted by Gasteiger charge is 2.16. The van der Waals surface area contributed by atoms with E-state index in [0.717, 1.165) is 22.1 Å². The molecule has 3 rings (SSSR count). The summed E-state index contributed by atoms with van der Waals surface area (Å²) in [7, 11) is 1.58. The van der Waals surface area contributed by atoms with Gasteiger partial charge in [-0.25, -0.2) is 4.79 Å². The quantitative estimate of drug-likeness (QED) is 0.659. The Balaban J connectivity index is 2.46. The van der Waals surface area contributed by atoms with Crippen LogP contribution >= 0.6 is 0 Å². The first-order valence-electron chi connectivity index (χ1n) is 5.84. The van der Waals surface area contributed by atoms with Gasteiger partial charge in [-0.05, 0) is 30.7 Å². The van der Waals surface area contributed by atoms with Gasteiger partial charge in [0.05, 0.1) is 25.2 Å². The molecule has 2 aromatic heterocycles. The number of rotatable bonds is 2. The Labute approximate surface area is 109 Å². The van der Waals surface area contributed by atoms with Crippen LogP contribution in [0.25, 0.3) is 22.1 Å². The van der Waals surface area contributed by atoms with Gasteiger partial charge in [-0.2, -0.15) is 0 Å². The minimum Gasteiger partial charge on any atom is -0.496 e. The average molecular weight is 256 g/mol. The summed E-state index contributed by atoms with van der Waals surface area (Å²) >= 11 is 0. The maximum atomic E-state index is 11.5. The average Bonchev–Trinajstić information content (AvgIpc) is 2.83. The lowest BCUT2D eigenvalue weighted by Crippen LogP contribution is -1.97. The third-order valence-electron chi connectivity index (χ3n) is 3.10. The predicted octanol–water partition coefficient (Wildman–Crippen LogP) is 3.37. The molecule has 0 radical (unpaired) electrons. The molecule has 0 aliphatic rings. The molecule has 3 aromatic rings. The predicted molar refractivity (Wildman–Crippen MR) is 71.5 cm³/mol. The number of ether oxygens (including phenoxy) is 1. The van der Waals surface area contributed by atoms with Crippen LogP contribution in [0.15, 0.2) is 50.4 Å². The van der Waals surface area contributed by atoms with Gasteiger partial charge in [-0.15, -0.1) is 0 Å². The standard InChI is InChI=1S/C15H12O4/c1-9-7-18-8-11(9)14-12(17-2)5-3-10-4-6-13(16)19-15(10)14/h3-8H,1-2H3. The van der Waals surface area contributed by atoms with Crippen molar-refractivity contribution < 1.29 is 13.6 Å². The molecule has 0 aliphatic carbocycles. The molecule has 0 fully saturated rings. The third kappa shape index (κ3) is 1.81. The van der Waals surface area contributed by atoms with Crippen molar-refractivity contribution in [1.82, 2.24) is 0 Å². The monoisotopic (exact) mass is 256 g/mol. The van der Waals surface area contributed by atoms with E-state index in [2.05, 4.69) is 0 Å². The van der Waals surface area contributed by atoms with Crippen LogP contribution in [0, 0.1) is 6.92 Å². The number of aryl methyl sites for hydroxylation is 1. The molecule has 0 saturated carbocycles. The SMILES string of the molecule is COc1ccc2ccc(=O)oc2c1-c1cocc1C. The number of hydrogen-bond donors (Lipinski definition) is 0. The first-order valence-corrected chi connectivity index (χ1v) is 5.84. The molecule has 2 heterocycles. The summed E-state index contributed by atoms with van der Waals surface area (Å²) in [6.07, 6.45) is 3.27. The lowest BCUT2D eigenvalue weighted by Gasteiger charge is -2.09. The van der Waals surface area contributed by atoms with Crippen LogP contribution < -0.4 is 10.4 Å². The third-order valence-corrected chi connectivity index (χ3v) is 3.10. The van der Waals surface area contributed by atoms with Crippen LogP contribution in [-0.4, -0.2) is 7.11 Å². The van der Waals surface area contributed by atoms with Crippen molar-refractivity contribution >= 4 is 11.0 Å². The van der Waals surface area contributed by atoms with Gasteiger partial charge < -0.3 is 13.6 Å². The summed E-state index contributed by atoms with van der Waals surface area (Å²) in [5.41, 5.74) is 2.68. The van der Waals surface area contributed by atoms with E-state index in [1.807, 2.05) is 19.1 Å². The van der Waals surface area contributed by atoms with E-state index in [1.165, 1.54) is 6.07 Å². The highest BCUT2D eigenvalue weighted by Crippen LogP contribution is 2.38. The Hall–Kier alpha value is -2.49. The summed E-state index contributed by atoms with van der Waals surface area (Å²) in [5, 5.41) is 0.844. The number of benzene rings is 1. The highest BCUT2D eigenvalue weighted by molar-refractivity contribution is 5.96. The molecule has 0 aliphatic heterocycles. The molecule has 4 heteroatoms. The van der Waals surface area contributed by atoms with Crippen molar-refractivity contribution in [2.75, 3.05) is 7.11 Å². The molecule has 0 N–H and O–H groups in total. The van der Waals surface area contributed by atoms with Crippen molar-refractivity contribution in [3.8, 4) is 16.9 Å². The fraction of sp³-hybridized carbons (Fsp3) is 0.133. The molecule has 0 saturated heterocycles. The largest absolute Gasteiger partial charge is 0.496 e. The number of hydrogen-bond acceptors (Lipinski definition) is 4. The molecular weight excluding hydrogens is 244 g/mol. The van der Waals surface area contributed by atoms with Gasteiger partial charge in [0.15, 0.2) is 0 Å². The van der Waals surface area contributed by atoms with Gasteiger partial charge in [-0.1, -0.05) is 0 Å². The van der Waals surface area contributed by atoms with Crippen LogP contribution in [-0.2, 0) is 0 Å². The van der Waals surface area contributed by atoms with Crippen molar-refractivity contribution in [3.05, 3.63) is 52.8 Å². The molecular formula is C15H12O4. The molecule has 0 bridgehead atoms. The van der Waals surface area contributed by atoms with E-state index in [9.17, 15) is 4.79 Å². The van der Waals surface area contributed by atoms with Gasteiger partial charge in [0.2, 0.25) is 0 Å². The maximum absolute atomic E-state index is 11.5. The highest BCUT2D eigenvalue weighted by atomic mass is 16.5. The van der Waals surface area contributed by atoms with Crippen LogP contribution in [0.2, 0.25) is 0 Å². The summed E-state index contributed by atoms with van der Waals surface area (Å²) in [5.74, 6) is 0.645. The molecule has 0 amide bonds. The molecule has 0 spiro atoms. The topological polar surface area (TPSA) is 52.6 Å². The Bertz CT molecular complexity index is 795. The Morgan fingerprint density at radius 2 is 1.89 bits per heavy atom. The summed E-state index contributed by atoms with van der Waals surface area (Å²) < 4.78 is 15.9. The van der Waals surface area contributed by atoms with Gasteiger partial charge in [0, 0.05) is 17.0 Å². The normalized spacial score (nSPS) is 10.8. The van der Waals surface area contributed by atoms with Gasteiger partial charge in [0.1, 0.15) is 11.3 Å². The zero-order valence-electron chi connectivity index (χ0n) is 10.6. The van der Waals surface area contributed by atoms with E-state index < -0.39 is 0 Å². The molecule has 0 unspecified atom stereocenters. The lowest BCUT2D eigenvalue weighted by molar-refractivity contribution is 0.415. The fourth-order valence-electron chi connectivity index (χ4n) is 2.16. The van der Waals surface area contributed by atoms with E-state index in [0.29, 0.717) is 11.3 Å². The number of methoxy groups -OCH3 is 1. The zero-order chi connectivity index (χ0) is 13.4. The van der Waals surface area contributed by atoms with Crippen LogP contribution in [0.4, 0.5) is 0 Å². The second kappa shape index (κ2) is 4.31. The number of fused-ring (bicyclic) bond motifs is 1.